The van der Waals surface area contributed by atoms with Crippen molar-refractivity contribution in [3.8, 4) is 17.0 Å². The third-order valence-electron chi connectivity index (χ3n) is 6.17. The molecule has 0 bridgehead atoms. The van der Waals surface area contributed by atoms with Crippen molar-refractivity contribution in [3.63, 3.8) is 0 Å². The van der Waals surface area contributed by atoms with Gasteiger partial charge in [-0.05, 0) is 48.4 Å². The molecule has 0 aliphatic carbocycles. The molecule has 2 aromatic carbocycles. The molecule has 7 nitrogen and oxygen atoms in total. The summed E-state index contributed by atoms with van der Waals surface area (Å²) in [7, 11) is 1.42. The van der Waals surface area contributed by atoms with E-state index in [1.165, 1.54) is 17.9 Å². The molecule has 1 atom stereocenters. The van der Waals surface area contributed by atoms with Gasteiger partial charge in [-0.25, -0.2) is 9.07 Å². The molecule has 9 heteroatoms. The maximum absolute atomic E-state index is 14.4. The molecule has 3 aromatic rings. The van der Waals surface area contributed by atoms with Gasteiger partial charge in [0.2, 0.25) is 0 Å². The highest BCUT2D eigenvalue weighted by molar-refractivity contribution is 6.30. The van der Waals surface area contributed by atoms with Crippen LogP contribution >= 0.6 is 11.6 Å². The van der Waals surface area contributed by atoms with Gasteiger partial charge in [0, 0.05) is 55.0 Å². The Labute approximate surface area is 214 Å². The number of rotatable bonds is 9. The van der Waals surface area contributed by atoms with E-state index < -0.39 is 5.82 Å². The Balaban J connectivity index is 1.64. The summed E-state index contributed by atoms with van der Waals surface area (Å²) in [6.07, 6.45) is 4.42. The van der Waals surface area contributed by atoms with Gasteiger partial charge < -0.3 is 15.2 Å². The highest BCUT2D eigenvalue weighted by Crippen LogP contribution is 2.24. The van der Waals surface area contributed by atoms with E-state index in [0.29, 0.717) is 34.8 Å². The molecule has 0 spiro atoms. The van der Waals surface area contributed by atoms with Crippen LogP contribution in [0.4, 0.5) is 4.39 Å². The van der Waals surface area contributed by atoms with E-state index in [1.807, 2.05) is 24.3 Å². The number of halogens is 2. The number of methoxy groups -OCH3 is 1. The van der Waals surface area contributed by atoms with E-state index in [0.717, 1.165) is 25.2 Å². The minimum absolute atomic E-state index is 0.112. The maximum Gasteiger partial charge on any atom is 0.271 e. The number of hydrogen-bond donors (Lipinski definition) is 2. The summed E-state index contributed by atoms with van der Waals surface area (Å²) in [5.74, 6) is -0.346. The lowest BCUT2D eigenvalue weighted by atomic mass is 10.1. The molecule has 2 heterocycles. The molecule has 0 radical (unpaired) electrons. The van der Waals surface area contributed by atoms with Crippen LogP contribution in [0.25, 0.3) is 17.3 Å². The molecule has 1 fully saturated rings. The summed E-state index contributed by atoms with van der Waals surface area (Å²) in [4.78, 5) is 15.6. The number of nitrogens with one attached hydrogen (secondary N) is 1. The molecule has 2 N–H and O–H groups in total. The topological polar surface area (TPSA) is 79.6 Å². The Hall–Kier alpha value is -3.04. The number of piperazine rings is 1. The second-order valence-corrected chi connectivity index (χ2v) is 9.18. The summed E-state index contributed by atoms with van der Waals surface area (Å²) >= 11 is 5.96. The van der Waals surface area contributed by atoms with Crippen molar-refractivity contribution in [1.82, 2.24) is 20.0 Å². The van der Waals surface area contributed by atoms with Crippen molar-refractivity contribution in [2.45, 2.75) is 25.6 Å². The van der Waals surface area contributed by atoms with Crippen molar-refractivity contribution in [2.75, 3.05) is 33.4 Å². The number of aliphatic hydroxyl groups excluding tert-OH is 1. The lowest BCUT2D eigenvalue weighted by molar-refractivity contribution is 0.167. The number of nitrogens with zero attached hydrogens (tertiary/aromatic N) is 3. The van der Waals surface area contributed by atoms with E-state index in [9.17, 15) is 14.3 Å². The van der Waals surface area contributed by atoms with Crippen LogP contribution in [-0.4, -0.2) is 59.2 Å². The van der Waals surface area contributed by atoms with Gasteiger partial charge in [0.15, 0.2) is 11.6 Å². The molecule has 1 saturated heterocycles. The summed E-state index contributed by atoms with van der Waals surface area (Å²) in [5, 5.41) is 17.9. The highest BCUT2D eigenvalue weighted by atomic mass is 35.5. The number of hydrogen-bond acceptors (Lipinski definition) is 6. The normalized spacial score (nSPS) is 16.5. The minimum atomic E-state index is -0.493. The number of allylic oxidation sites excluding steroid dienone is 1. The summed E-state index contributed by atoms with van der Waals surface area (Å²) in [6.45, 7) is 3.11. The van der Waals surface area contributed by atoms with Crippen molar-refractivity contribution in [2.24, 2.45) is 0 Å². The van der Waals surface area contributed by atoms with Crippen LogP contribution in [0.5, 0.6) is 5.75 Å². The van der Waals surface area contributed by atoms with E-state index in [2.05, 4.69) is 15.3 Å². The largest absolute Gasteiger partial charge is 0.494 e. The fraction of sp³-hybridized carbons (Fsp3) is 0.333. The van der Waals surface area contributed by atoms with Gasteiger partial charge in [-0.1, -0.05) is 35.9 Å². The van der Waals surface area contributed by atoms with Crippen LogP contribution in [0.2, 0.25) is 5.02 Å². The number of ether oxygens (including phenoxy) is 1. The molecule has 36 heavy (non-hydrogen) atoms. The van der Waals surface area contributed by atoms with Crippen LogP contribution in [0, 0.1) is 5.82 Å². The molecule has 0 amide bonds. The van der Waals surface area contributed by atoms with E-state index >= 15 is 0 Å². The van der Waals surface area contributed by atoms with Crippen LogP contribution in [-0.2, 0) is 13.1 Å². The lowest BCUT2D eigenvalue weighted by Gasteiger charge is -2.33. The molecule has 1 unspecified atom stereocenters. The Kier molecular flexibility index (Phi) is 8.88. The number of benzene rings is 2. The Morgan fingerprint density at radius 1 is 1.25 bits per heavy atom. The third-order valence-corrected chi connectivity index (χ3v) is 6.42. The first-order valence-electron chi connectivity index (χ1n) is 11.9. The van der Waals surface area contributed by atoms with Crippen LogP contribution in [0.3, 0.4) is 0 Å². The van der Waals surface area contributed by atoms with Crippen molar-refractivity contribution < 1.29 is 14.2 Å². The van der Waals surface area contributed by atoms with Gasteiger partial charge >= 0.3 is 0 Å². The van der Waals surface area contributed by atoms with Gasteiger partial charge in [-0.2, -0.15) is 5.10 Å². The second-order valence-electron chi connectivity index (χ2n) is 8.74. The molecule has 1 aliphatic rings. The fourth-order valence-corrected chi connectivity index (χ4v) is 4.42. The predicted octanol–water partition coefficient (Wildman–Crippen LogP) is 3.58. The average Bonchev–Trinajstić information content (AvgIpc) is 2.87. The Morgan fingerprint density at radius 2 is 2.06 bits per heavy atom. The van der Waals surface area contributed by atoms with Gasteiger partial charge in [0.25, 0.3) is 5.56 Å². The summed E-state index contributed by atoms with van der Waals surface area (Å²) < 4.78 is 20.9. The maximum atomic E-state index is 14.4. The van der Waals surface area contributed by atoms with E-state index in [1.54, 1.807) is 30.3 Å². The van der Waals surface area contributed by atoms with Crippen molar-refractivity contribution >= 4 is 17.7 Å². The SMILES string of the molecule is COc1ccc(-c2cc(CN3CCNC(CCO)C3)c(=O)n(C/C=C/c3ccc(Cl)cc3)n2)cc1F. The monoisotopic (exact) mass is 512 g/mol. The highest BCUT2D eigenvalue weighted by Gasteiger charge is 2.21. The molecule has 1 aromatic heterocycles. The molecular formula is C27H30ClFN4O3. The van der Waals surface area contributed by atoms with Gasteiger partial charge in [-0.15, -0.1) is 0 Å². The zero-order valence-corrected chi connectivity index (χ0v) is 20.9. The zero-order valence-electron chi connectivity index (χ0n) is 20.2. The zero-order chi connectivity index (χ0) is 25.5. The molecule has 190 valence electrons. The summed E-state index contributed by atoms with van der Waals surface area (Å²) in [6, 6.07) is 14.0. The van der Waals surface area contributed by atoms with Gasteiger partial charge in [-0.3, -0.25) is 9.69 Å². The van der Waals surface area contributed by atoms with Crippen LogP contribution in [0.1, 0.15) is 17.5 Å². The number of aliphatic hydroxyl groups is 1. The quantitative estimate of drug-likeness (QED) is 0.456. The standard InChI is InChI=1S/C27H30ClFN4O3/c1-36-26-9-6-20(15-24(26)29)25-16-21(17-32-13-11-30-23(18-32)10-14-34)27(35)33(31-25)12-2-3-19-4-7-22(28)8-5-19/h2-9,15-16,23,30,34H,10-14,17-18H2,1H3/b3-2+. The third kappa shape index (κ3) is 6.59. The van der Waals surface area contributed by atoms with Crippen LogP contribution < -0.4 is 15.6 Å². The van der Waals surface area contributed by atoms with E-state index in [4.69, 9.17) is 16.3 Å². The predicted molar refractivity (Wildman–Crippen MR) is 140 cm³/mol. The van der Waals surface area contributed by atoms with Gasteiger partial charge in [0.05, 0.1) is 19.3 Å². The lowest BCUT2D eigenvalue weighted by Crippen LogP contribution is -2.51. The molecule has 1 aliphatic heterocycles. The van der Waals surface area contributed by atoms with Crippen molar-refractivity contribution in [1.29, 1.82) is 0 Å². The summed E-state index contributed by atoms with van der Waals surface area (Å²) in [5.41, 5.74) is 2.42. The average molecular weight is 513 g/mol. The Bertz CT molecular complexity index is 1260. The minimum Gasteiger partial charge on any atom is -0.494 e. The smallest absolute Gasteiger partial charge is 0.271 e. The molecule has 0 saturated carbocycles. The molecule has 4 rings (SSSR count). The van der Waals surface area contributed by atoms with E-state index in [-0.39, 0.29) is 30.5 Å². The number of aromatic nitrogens is 2. The fourth-order valence-electron chi connectivity index (χ4n) is 4.29. The van der Waals surface area contributed by atoms with Crippen LogP contribution in [0.15, 0.2) is 59.4 Å². The Morgan fingerprint density at radius 3 is 2.78 bits per heavy atom. The van der Waals surface area contributed by atoms with Gasteiger partial charge in [0.1, 0.15) is 0 Å². The van der Waals surface area contributed by atoms with Crippen molar-refractivity contribution in [3.05, 3.63) is 86.9 Å². The molecular weight excluding hydrogens is 483 g/mol. The second kappa shape index (κ2) is 12.3. The first-order valence-corrected chi connectivity index (χ1v) is 12.3. The first-order chi connectivity index (χ1) is 17.5. The first kappa shape index (κ1) is 26.0.